The van der Waals surface area contributed by atoms with E-state index in [0.717, 1.165) is 0 Å². The first-order valence-corrected chi connectivity index (χ1v) is 10.5. The lowest BCUT2D eigenvalue weighted by atomic mass is 9.97. The van der Waals surface area contributed by atoms with Crippen molar-refractivity contribution in [1.82, 2.24) is 5.32 Å². The Morgan fingerprint density at radius 3 is 2.20 bits per heavy atom. The van der Waals surface area contributed by atoms with Gasteiger partial charge >= 0.3 is 6.09 Å². The minimum Gasteiger partial charge on any atom is -0.449 e. The minimum absolute atomic E-state index is 0.0802. The molecule has 3 aromatic rings. The molecule has 30 heavy (non-hydrogen) atoms. The van der Waals surface area contributed by atoms with Gasteiger partial charge < -0.3 is 10.1 Å². The third-order valence-electron chi connectivity index (χ3n) is 5.62. The lowest BCUT2D eigenvalue weighted by Crippen LogP contribution is -2.26. The van der Waals surface area contributed by atoms with Crippen LogP contribution >= 0.6 is 0 Å². The number of fused-ring (bicyclic) bond motifs is 3. The first kappa shape index (κ1) is 20.0. The van der Waals surface area contributed by atoms with Gasteiger partial charge in [-0.3, -0.25) is 0 Å². The second-order valence-corrected chi connectivity index (χ2v) is 7.89. The number of rotatable bonds is 6. The number of ether oxygens (including phenoxy) is 1. The molecule has 0 radical (unpaired) electrons. The third kappa shape index (κ3) is 4.16. The van der Waals surface area contributed by atoms with Gasteiger partial charge in [0.05, 0.1) is 0 Å². The molecule has 3 aromatic carbocycles. The lowest BCUT2D eigenvalue weighted by molar-refractivity contribution is 0.144. The molecule has 1 aliphatic rings. The monoisotopic (exact) mass is 397 g/mol. The molecule has 1 amide bonds. The fraction of sp³-hybridized carbons (Fsp3) is 0.222. The van der Waals surface area contributed by atoms with Crippen molar-refractivity contribution in [2.45, 2.75) is 25.7 Å². The van der Waals surface area contributed by atoms with Gasteiger partial charge in [0.1, 0.15) is 6.61 Å². The molecule has 1 N–H and O–H groups in total. The van der Waals surface area contributed by atoms with Crippen molar-refractivity contribution < 1.29 is 9.53 Å². The molecule has 0 heterocycles. The first-order chi connectivity index (χ1) is 14.6. The summed E-state index contributed by atoms with van der Waals surface area (Å²) in [5.41, 5.74) is 7.38. The maximum atomic E-state index is 12.2. The zero-order chi connectivity index (χ0) is 20.9. The van der Waals surface area contributed by atoms with E-state index in [9.17, 15) is 4.79 Å². The van der Waals surface area contributed by atoms with Crippen molar-refractivity contribution in [3.63, 3.8) is 0 Å². The molecular formula is C27H27NO2. The van der Waals surface area contributed by atoms with Crippen molar-refractivity contribution in [3.05, 3.63) is 101 Å². The Bertz CT molecular complexity index is 1020. The van der Waals surface area contributed by atoms with Crippen LogP contribution in [-0.2, 0) is 4.74 Å². The number of benzene rings is 3. The van der Waals surface area contributed by atoms with E-state index in [1.807, 2.05) is 24.3 Å². The summed E-state index contributed by atoms with van der Waals surface area (Å²) in [4.78, 5) is 12.2. The van der Waals surface area contributed by atoms with Crippen molar-refractivity contribution in [2.75, 3.05) is 13.2 Å². The molecular weight excluding hydrogens is 370 g/mol. The topological polar surface area (TPSA) is 38.3 Å². The Morgan fingerprint density at radius 2 is 1.53 bits per heavy atom. The zero-order valence-corrected chi connectivity index (χ0v) is 17.5. The summed E-state index contributed by atoms with van der Waals surface area (Å²) < 4.78 is 5.57. The Labute approximate surface area is 178 Å². The number of nitrogens with one attached hydrogen (secondary N) is 1. The Kier molecular flexibility index (Phi) is 5.99. The summed E-state index contributed by atoms with van der Waals surface area (Å²) in [5, 5.41) is 2.83. The smallest absolute Gasteiger partial charge is 0.407 e. The molecule has 3 nitrogen and oxygen atoms in total. The molecule has 0 aromatic heterocycles. The largest absolute Gasteiger partial charge is 0.449 e. The molecule has 1 aliphatic carbocycles. The Balaban J connectivity index is 1.34. The second kappa shape index (κ2) is 9.00. The quantitative estimate of drug-likeness (QED) is 0.525. The van der Waals surface area contributed by atoms with E-state index in [1.165, 1.54) is 33.4 Å². The fourth-order valence-corrected chi connectivity index (χ4v) is 4.17. The van der Waals surface area contributed by atoms with Crippen LogP contribution in [-0.4, -0.2) is 19.2 Å². The predicted molar refractivity (Wildman–Crippen MR) is 123 cm³/mol. The number of carbonyl (C=O) groups is 1. The summed E-state index contributed by atoms with van der Waals surface area (Å²) in [7, 11) is 0. The molecule has 0 bridgehead atoms. The van der Waals surface area contributed by atoms with E-state index in [0.29, 0.717) is 19.1 Å². The van der Waals surface area contributed by atoms with Crippen molar-refractivity contribution >= 4 is 12.2 Å². The van der Waals surface area contributed by atoms with Crippen LogP contribution in [0.1, 0.15) is 47.9 Å². The highest BCUT2D eigenvalue weighted by Crippen LogP contribution is 2.44. The normalized spacial score (nSPS) is 12.8. The number of alkyl carbamates (subject to hydrolysis) is 1. The second-order valence-electron chi connectivity index (χ2n) is 7.89. The summed E-state index contributed by atoms with van der Waals surface area (Å²) in [6.45, 7) is 5.13. The number of carbonyl (C=O) groups excluding carboxylic acids is 1. The number of amides is 1. The van der Waals surface area contributed by atoms with Crippen LogP contribution in [0.5, 0.6) is 0 Å². The molecule has 0 atom stereocenters. The van der Waals surface area contributed by atoms with Gasteiger partial charge in [-0.25, -0.2) is 4.79 Å². The summed E-state index contributed by atoms with van der Waals surface area (Å²) >= 11 is 0. The van der Waals surface area contributed by atoms with Crippen LogP contribution in [0.3, 0.4) is 0 Å². The van der Waals surface area contributed by atoms with Gasteiger partial charge in [-0.05, 0) is 39.3 Å². The molecule has 0 saturated carbocycles. The van der Waals surface area contributed by atoms with Crippen LogP contribution < -0.4 is 5.32 Å². The van der Waals surface area contributed by atoms with Crippen LogP contribution in [0, 0.1) is 0 Å². The van der Waals surface area contributed by atoms with Gasteiger partial charge in [-0.1, -0.05) is 98.8 Å². The van der Waals surface area contributed by atoms with E-state index < -0.39 is 6.09 Å². The maximum Gasteiger partial charge on any atom is 0.407 e. The van der Waals surface area contributed by atoms with E-state index in [4.69, 9.17) is 4.74 Å². The summed E-state index contributed by atoms with van der Waals surface area (Å²) in [5.74, 6) is 0.539. The van der Waals surface area contributed by atoms with Gasteiger partial charge in [0.25, 0.3) is 0 Å². The molecule has 152 valence electrons. The number of hydrogen-bond donors (Lipinski definition) is 1. The van der Waals surface area contributed by atoms with E-state index in [-0.39, 0.29) is 5.92 Å². The SMILES string of the molecule is CC(C)c1ccccc1C=CCNC(=O)OCC1c2ccccc2-c2ccccc21. The van der Waals surface area contributed by atoms with Crippen LogP contribution in [0.2, 0.25) is 0 Å². The van der Waals surface area contributed by atoms with Crippen molar-refractivity contribution in [2.24, 2.45) is 0 Å². The van der Waals surface area contributed by atoms with Gasteiger partial charge in [0.2, 0.25) is 0 Å². The average Bonchev–Trinajstić information content (AvgIpc) is 3.09. The Hall–Kier alpha value is -3.33. The van der Waals surface area contributed by atoms with Gasteiger partial charge in [-0.2, -0.15) is 0 Å². The standard InChI is InChI=1S/C27H27NO2/c1-19(2)21-12-4-3-10-20(21)11-9-17-28-27(29)30-18-26-24-15-7-5-13-22(24)23-14-6-8-16-25(23)26/h3-16,19,26H,17-18H2,1-2H3,(H,28,29). The van der Waals surface area contributed by atoms with Crippen LogP contribution in [0.4, 0.5) is 4.79 Å². The van der Waals surface area contributed by atoms with Crippen LogP contribution in [0.15, 0.2) is 78.9 Å². The highest BCUT2D eigenvalue weighted by Gasteiger charge is 2.28. The third-order valence-corrected chi connectivity index (χ3v) is 5.62. The van der Waals surface area contributed by atoms with Gasteiger partial charge in [0, 0.05) is 12.5 Å². The van der Waals surface area contributed by atoms with E-state index >= 15 is 0 Å². The predicted octanol–water partition coefficient (Wildman–Crippen LogP) is 6.36. The summed E-state index contributed by atoms with van der Waals surface area (Å²) in [6.07, 6.45) is 3.63. The minimum atomic E-state index is -0.390. The Morgan fingerprint density at radius 1 is 0.933 bits per heavy atom. The molecule has 0 unspecified atom stereocenters. The van der Waals surface area contributed by atoms with E-state index in [1.54, 1.807) is 0 Å². The van der Waals surface area contributed by atoms with Crippen molar-refractivity contribution in [3.8, 4) is 11.1 Å². The summed E-state index contributed by atoms with van der Waals surface area (Å²) in [6, 6.07) is 25.0. The van der Waals surface area contributed by atoms with E-state index in [2.05, 4.69) is 79.8 Å². The average molecular weight is 398 g/mol. The molecule has 4 rings (SSSR count). The molecule has 0 fully saturated rings. The van der Waals surface area contributed by atoms with Gasteiger partial charge in [0.15, 0.2) is 0 Å². The molecule has 0 saturated heterocycles. The molecule has 0 spiro atoms. The fourth-order valence-electron chi connectivity index (χ4n) is 4.17. The maximum absolute atomic E-state index is 12.2. The first-order valence-electron chi connectivity index (χ1n) is 10.5. The molecule has 0 aliphatic heterocycles. The zero-order valence-electron chi connectivity index (χ0n) is 17.5. The van der Waals surface area contributed by atoms with Crippen LogP contribution in [0.25, 0.3) is 17.2 Å². The lowest BCUT2D eigenvalue weighted by Gasteiger charge is -2.14. The molecule has 3 heteroatoms. The van der Waals surface area contributed by atoms with Gasteiger partial charge in [-0.15, -0.1) is 0 Å². The van der Waals surface area contributed by atoms with Crippen molar-refractivity contribution in [1.29, 1.82) is 0 Å². The highest BCUT2D eigenvalue weighted by atomic mass is 16.5. The highest BCUT2D eigenvalue weighted by molar-refractivity contribution is 5.79. The number of hydrogen-bond acceptors (Lipinski definition) is 2.